The van der Waals surface area contributed by atoms with Crippen LogP contribution in [0.5, 0.6) is 0 Å². The van der Waals surface area contributed by atoms with Gasteiger partial charge in [-0.2, -0.15) is 0 Å². The van der Waals surface area contributed by atoms with Gasteiger partial charge in [-0.15, -0.1) is 0 Å². The topological polar surface area (TPSA) is 61.4 Å². The summed E-state index contributed by atoms with van der Waals surface area (Å²) in [6, 6.07) is 6.30. The van der Waals surface area contributed by atoms with Gasteiger partial charge >= 0.3 is 0 Å². The van der Waals surface area contributed by atoms with Crippen molar-refractivity contribution in [2.75, 3.05) is 18.0 Å². The first-order valence-corrected chi connectivity index (χ1v) is 9.51. The number of carbonyl (C=O) groups excluding carboxylic acids is 2. The van der Waals surface area contributed by atoms with Crippen LogP contribution in [0.4, 0.5) is 5.69 Å². The Balaban J connectivity index is 1.73. The third-order valence-corrected chi connectivity index (χ3v) is 5.07. The maximum absolute atomic E-state index is 12.5. The SMILES string of the molecule is CC(C)NC(=O)c1cccc2c1CCCN2CC(=O)NC1CCCC1. The summed E-state index contributed by atoms with van der Waals surface area (Å²) in [6.45, 7) is 5.17. The van der Waals surface area contributed by atoms with E-state index in [0.717, 1.165) is 49.0 Å². The van der Waals surface area contributed by atoms with Crippen molar-refractivity contribution in [2.24, 2.45) is 0 Å². The number of amides is 2. The first-order valence-electron chi connectivity index (χ1n) is 9.51. The highest BCUT2D eigenvalue weighted by atomic mass is 16.2. The van der Waals surface area contributed by atoms with Crippen LogP contribution < -0.4 is 15.5 Å². The largest absolute Gasteiger partial charge is 0.362 e. The number of hydrogen-bond donors (Lipinski definition) is 2. The molecule has 3 rings (SSSR count). The number of hydrogen-bond acceptors (Lipinski definition) is 3. The summed E-state index contributed by atoms with van der Waals surface area (Å²) in [4.78, 5) is 27.0. The van der Waals surface area contributed by atoms with Gasteiger partial charge in [0.15, 0.2) is 0 Å². The lowest BCUT2D eigenvalue weighted by Gasteiger charge is -2.32. The first-order chi connectivity index (χ1) is 12.0. The molecule has 0 aromatic heterocycles. The van der Waals surface area contributed by atoms with E-state index in [1.165, 1.54) is 12.8 Å². The Morgan fingerprint density at radius 3 is 2.68 bits per heavy atom. The molecular formula is C20H29N3O2. The van der Waals surface area contributed by atoms with Gasteiger partial charge in [-0.05, 0) is 57.2 Å². The van der Waals surface area contributed by atoms with Crippen molar-refractivity contribution < 1.29 is 9.59 Å². The maximum Gasteiger partial charge on any atom is 0.251 e. The number of nitrogens with zero attached hydrogens (tertiary/aromatic N) is 1. The molecule has 0 unspecified atom stereocenters. The van der Waals surface area contributed by atoms with Crippen molar-refractivity contribution in [3.63, 3.8) is 0 Å². The minimum Gasteiger partial charge on any atom is -0.362 e. The normalized spacial score (nSPS) is 17.5. The van der Waals surface area contributed by atoms with Crippen LogP contribution in [0, 0.1) is 0 Å². The Bertz CT molecular complexity index is 636. The summed E-state index contributed by atoms with van der Waals surface area (Å²) >= 11 is 0. The third-order valence-electron chi connectivity index (χ3n) is 5.07. The molecule has 2 N–H and O–H groups in total. The third kappa shape index (κ3) is 4.33. The van der Waals surface area contributed by atoms with Crippen molar-refractivity contribution in [3.05, 3.63) is 29.3 Å². The Morgan fingerprint density at radius 2 is 1.96 bits per heavy atom. The van der Waals surface area contributed by atoms with Gasteiger partial charge in [-0.25, -0.2) is 0 Å². The molecule has 1 aliphatic heterocycles. The maximum atomic E-state index is 12.5. The number of rotatable bonds is 5. The van der Waals surface area contributed by atoms with Crippen molar-refractivity contribution in [1.29, 1.82) is 0 Å². The molecule has 136 valence electrons. The fraction of sp³-hybridized carbons (Fsp3) is 0.600. The summed E-state index contributed by atoms with van der Waals surface area (Å²) in [5, 5.41) is 6.14. The van der Waals surface area contributed by atoms with Crippen LogP contribution >= 0.6 is 0 Å². The fourth-order valence-corrected chi connectivity index (χ4v) is 3.93. The van der Waals surface area contributed by atoms with E-state index < -0.39 is 0 Å². The van der Waals surface area contributed by atoms with Gasteiger partial charge in [0.2, 0.25) is 5.91 Å². The molecule has 1 aliphatic carbocycles. The molecule has 1 saturated carbocycles. The summed E-state index contributed by atoms with van der Waals surface area (Å²) < 4.78 is 0. The minimum atomic E-state index is -0.0240. The smallest absolute Gasteiger partial charge is 0.251 e. The van der Waals surface area contributed by atoms with Crippen LogP contribution in [0.3, 0.4) is 0 Å². The zero-order valence-electron chi connectivity index (χ0n) is 15.3. The average molecular weight is 343 g/mol. The van der Waals surface area contributed by atoms with Crippen LogP contribution in [0.2, 0.25) is 0 Å². The monoisotopic (exact) mass is 343 g/mol. The van der Waals surface area contributed by atoms with Gasteiger partial charge in [0.05, 0.1) is 6.54 Å². The average Bonchev–Trinajstić information content (AvgIpc) is 3.06. The fourth-order valence-electron chi connectivity index (χ4n) is 3.93. The molecule has 0 atom stereocenters. The van der Waals surface area contributed by atoms with E-state index in [1.807, 2.05) is 32.0 Å². The Hall–Kier alpha value is -2.04. The molecule has 0 saturated heterocycles. The number of benzene rings is 1. The molecule has 2 aliphatic rings. The standard InChI is InChI=1S/C20H29N3O2/c1-14(2)21-20(25)17-9-5-11-18-16(17)10-6-12-23(18)13-19(24)22-15-7-3-4-8-15/h5,9,11,14-15H,3-4,6-8,10,12-13H2,1-2H3,(H,21,25)(H,22,24). The lowest BCUT2D eigenvalue weighted by molar-refractivity contribution is -0.120. The molecule has 2 amide bonds. The number of carbonyl (C=O) groups is 2. The van der Waals surface area contributed by atoms with Gasteiger partial charge in [-0.1, -0.05) is 18.9 Å². The Labute approximate surface area is 150 Å². The van der Waals surface area contributed by atoms with E-state index in [4.69, 9.17) is 0 Å². The van der Waals surface area contributed by atoms with Crippen molar-refractivity contribution >= 4 is 17.5 Å². The molecule has 5 heteroatoms. The molecule has 1 fully saturated rings. The summed E-state index contributed by atoms with van der Waals surface area (Å²) in [7, 11) is 0. The van der Waals surface area contributed by atoms with E-state index in [0.29, 0.717) is 12.6 Å². The lowest BCUT2D eigenvalue weighted by Crippen LogP contribution is -2.43. The highest BCUT2D eigenvalue weighted by Crippen LogP contribution is 2.30. The van der Waals surface area contributed by atoms with Crippen LogP contribution in [-0.2, 0) is 11.2 Å². The van der Waals surface area contributed by atoms with E-state index in [-0.39, 0.29) is 17.9 Å². The van der Waals surface area contributed by atoms with Gasteiger partial charge in [-0.3, -0.25) is 9.59 Å². The van der Waals surface area contributed by atoms with Crippen molar-refractivity contribution in [2.45, 2.75) is 64.5 Å². The van der Waals surface area contributed by atoms with Crippen molar-refractivity contribution in [1.82, 2.24) is 10.6 Å². The van der Waals surface area contributed by atoms with E-state index in [9.17, 15) is 9.59 Å². The predicted molar refractivity (Wildman–Crippen MR) is 100.0 cm³/mol. The highest BCUT2D eigenvalue weighted by molar-refractivity contribution is 5.97. The minimum absolute atomic E-state index is 0.0240. The first kappa shape index (κ1) is 17.8. The summed E-state index contributed by atoms with van der Waals surface area (Å²) in [5.74, 6) is 0.0703. The van der Waals surface area contributed by atoms with Crippen LogP contribution in [-0.4, -0.2) is 37.0 Å². The highest BCUT2D eigenvalue weighted by Gasteiger charge is 2.25. The number of nitrogens with one attached hydrogen (secondary N) is 2. The van der Waals surface area contributed by atoms with Gasteiger partial charge in [0.1, 0.15) is 0 Å². The number of fused-ring (bicyclic) bond motifs is 1. The number of anilines is 1. The second kappa shape index (κ2) is 7.89. The van der Waals surface area contributed by atoms with E-state index in [1.54, 1.807) is 0 Å². The second-order valence-corrected chi connectivity index (χ2v) is 7.51. The van der Waals surface area contributed by atoms with Crippen LogP contribution in [0.1, 0.15) is 61.9 Å². The van der Waals surface area contributed by atoms with Crippen molar-refractivity contribution in [3.8, 4) is 0 Å². The summed E-state index contributed by atoms with van der Waals surface area (Å²) in [5.41, 5.74) is 2.84. The molecule has 1 aromatic carbocycles. The quantitative estimate of drug-likeness (QED) is 0.864. The van der Waals surface area contributed by atoms with E-state index in [2.05, 4.69) is 15.5 Å². The molecule has 0 spiro atoms. The van der Waals surface area contributed by atoms with Crippen LogP contribution in [0.15, 0.2) is 18.2 Å². The molecule has 0 radical (unpaired) electrons. The molecule has 25 heavy (non-hydrogen) atoms. The Kier molecular flexibility index (Phi) is 5.61. The van der Waals surface area contributed by atoms with Gasteiger partial charge in [0, 0.05) is 29.9 Å². The molecule has 5 nitrogen and oxygen atoms in total. The van der Waals surface area contributed by atoms with Crippen LogP contribution in [0.25, 0.3) is 0 Å². The Morgan fingerprint density at radius 1 is 1.20 bits per heavy atom. The van der Waals surface area contributed by atoms with E-state index >= 15 is 0 Å². The van der Waals surface area contributed by atoms with Gasteiger partial charge in [0.25, 0.3) is 5.91 Å². The zero-order chi connectivity index (χ0) is 17.8. The zero-order valence-corrected chi connectivity index (χ0v) is 15.3. The lowest BCUT2D eigenvalue weighted by atomic mass is 9.95. The predicted octanol–water partition coefficient (Wildman–Crippen LogP) is 2.64. The second-order valence-electron chi connectivity index (χ2n) is 7.51. The molecule has 1 aromatic rings. The molecule has 0 bridgehead atoms. The molecule has 1 heterocycles. The summed E-state index contributed by atoms with van der Waals surface area (Å²) in [6.07, 6.45) is 6.48. The van der Waals surface area contributed by atoms with Gasteiger partial charge < -0.3 is 15.5 Å². The molecular weight excluding hydrogens is 314 g/mol.